The van der Waals surface area contributed by atoms with Crippen molar-refractivity contribution in [1.82, 2.24) is 9.80 Å². The molecule has 1 saturated heterocycles. The number of aliphatic imine (C=N–C) groups is 1. The van der Waals surface area contributed by atoms with Crippen LogP contribution >= 0.6 is 0 Å². The van der Waals surface area contributed by atoms with Crippen LogP contribution in [-0.4, -0.2) is 47.4 Å². The normalized spacial score (nSPS) is 19.7. The fourth-order valence-corrected chi connectivity index (χ4v) is 2.07. The molecule has 1 aliphatic heterocycles. The summed E-state index contributed by atoms with van der Waals surface area (Å²) < 4.78 is 0. The average Bonchev–Trinajstić information content (AvgIpc) is 2.25. The van der Waals surface area contributed by atoms with Gasteiger partial charge in [0.2, 0.25) is 6.19 Å². The van der Waals surface area contributed by atoms with Crippen molar-refractivity contribution in [2.24, 2.45) is 4.99 Å². The molecule has 0 amide bonds. The maximum atomic E-state index is 8.61. The number of hydrogen-bond acceptors (Lipinski definition) is 3. The molecular weight excluding hydrogens is 200 g/mol. The Morgan fingerprint density at radius 1 is 1.25 bits per heavy atom. The highest BCUT2D eigenvalue weighted by atomic mass is 15.3. The van der Waals surface area contributed by atoms with Crippen LogP contribution in [0.1, 0.15) is 34.1 Å². The minimum Gasteiger partial charge on any atom is -0.357 e. The Kier molecular flexibility index (Phi) is 4.31. The lowest BCUT2D eigenvalue weighted by Crippen LogP contribution is -2.54. The zero-order valence-corrected chi connectivity index (χ0v) is 10.8. The van der Waals surface area contributed by atoms with Crippen molar-refractivity contribution in [3.05, 3.63) is 0 Å². The monoisotopic (exact) mass is 222 g/mol. The molecule has 90 valence electrons. The van der Waals surface area contributed by atoms with E-state index < -0.39 is 0 Å². The van der Waals surface area contributed by atoms with Crippen molar-refractivity contribution in [3.63, 3.8) is 0 Å². The topological polar surface area (TPSA) is 42.6 Å². The largest absolute Gasteiger partial charge is 0.357 e. The summed E-state index contributed by atoms with van der Waals surface area (Å²) in [5, 5.41) is 8.61. The van der Waals surface area contributed by atoms with Crippen LogP contribution in [0, 0.1) is 11.5 Å². The summed E-state index contributed by atoms with van der Waals surface area (Å²) >= 11 is 0. The highest BCUT2D eigenvalue weighted by Gasteiger charge is 2.26. The lowest BCUT2D eigenvalue weighted by molar-refractivity contribution is 0.0877. The van der Waals surface area contributed by atoms with Gasteiger partial charge in [-0.1, -0.05) is 6.92 Å². The fraction of sp³-hybridized carbons (Fsp3) is 0.833. The molecule has 0 N–H and O–H groups in total. The van der Waals surface area contributed by atoms with Crippen LogP contribution in [0.5, 0.6) is 0 Å². The Bertz CT molecular complexity index is 287. The summed E-state index contributed by atoms with van der Waals surface area (Å²) in [6, 6.07) is 0. The van der Waals surface area contributed by atoms with Crippen molar-refractivity contribution in [3.8, 4) is 6.19 Å². The van der Waals surface area contributed by atoms with Crippen molar-refractivity contribution in [1.29, 1.82) is 5.26 Å². The van der Waals surface area contributed by atoms with Crippen LogP contribution in [0.15, 0.2) is 4.99 Å². The molecule has 0 bridgehead atoms. The highest BCUT2D eigenvalue weighted by Crippen LogP contribution is 2.16. The minimum absolute atomic E-state index is 0.241. The van der Waals surface area contributed by atoms with Crippen LogP contribution in [0.4, 0.5) is 0 Å². The first-order valence-corrected chi connectivity index (χ1v) is 5.94. The third-order valence-corrected chi connectivity index (χ3v) is 3.09. The molecule has 0 aromatic rings. The molecule has 16 heavy (non-hydrogen) atoms. The summed E-state index contributed by atoms with van der Waals surface area (Å²) in [7, 11) is 0. The predicted octanol–water partition coefficient (Wildman–Crippen LogP) is 1.69. The van der Waals surface area contributed by atoms with Gasteiger partial charge in [0, 0.05) is 38.1 Å². The molecule has 0 aromatic heterocycles. The third-order valence-electron chi connectivity index (χ3n) is 3.09. The molecule has 0 aromatic carbocycles. The molecule has 1 rings (SSSR count). The number of amidine groups is 1. The molecule has 0 unspecified atom stereocenters. The lowest BCUT2D eigenvalue weighted by atomic mass is 10.0. The zero-order valence-electron chi connectivity index (χ0n) is 10.8. The standard InChI is InChI=1S/C12H22N4/c1-5-11(14-10-13)15-6-8-16(9-7-15)12(2,3)4/h5-9H2,1-4H3. The summed E-state index contributed by atoms with van der Waals surface area (Å²) in [6.45, 7) is 12.8. The number of rotatable bonds is 1. The van der Waals surface area contributed by atoms with Gasteiger partial charge in [0.05, 0.1) is 0 Å². The second kappa shape index (κ2) is 5.31. The second-order valence-corrected chi connectivity index (χ2v) is 5.13. The van der Waals surface area contributed by atoms with E-state index in [1.807, 2.05) is 13.1 Å². The van der Waals surface area contributed by atoms with Gasteiger partial charge in [-0.2, -0.15) is 10.3 Å². The number of hydrogen-bond donors (Lipinski definition) is 0. The van der Waals surface area contributed by atoms with Gasteiger partial charge in [-0.15, -0.1) is 0 Å². The van der Waals surface area contributed by atoms with Crippen molar-refractivity contribution in [2.75, 3.05) is 26.2 Å². The van der Waals surface area contributed by atoms with Gasteiger partial charge in [0.25, 0.3) is 0 Å². The maximum Gasteiger partial charge on any atom is 0.207 e. The van der Waals surface area contributed by atoms with Crippen LogP contribution in [0.25, 0.3) is 0 Å². The summed E-state index contributed by atoms with van der Waals surface area (Å²) in [5.74, 6) is 0.927. The van der Waals surface area contributed by atoms with Gasteiger partial charge < -0.3 is 4.90 Å². The van der Waals surface area contributed by atoms with Gasteiger partial charge in [-0.3, -0.25) is 4.90 Å². The van der Waals surface area contributed by atoms with E-state index in [-0.39, 0.29) is 5.54 Å². The molecule has 0 saturated carbocycles. The number of nitrogens with zero attached hydrogens (tertiary/aromatic N) is 4. The van der Waals surface area contributed by atoms with Crippen LogP contribution < -0.4 is 0 Å². The first kappa shape index (κ1) is 13.0. The molecule has 0 atom stereocenters. The Morgan fingerprint density at radius 3 is 2.19 bits per heavy atom. The van der Waals surface area contributed by atoms with Gasteiger partial charge in [-0.25, -0.2) is 0 Å². The van der Waals surface area contributed by atoms with Gasteiger partial charge in [0.15, 0.2) is 0 Å². The first-order chi connectivity index (χ1) is 7.49. The summed E-state index contributed by atoms with van der Waals surface area (Å²) in [6.07, 6.45) is 2.73. The molecule has 0 aliphatic carbocycles. The Labute approximate surface area is 98.6 Å². The van der Waals surface area contributed by atoms with Crippen molar-refractivity contribution >= 4 is 5.84 Å². The quantitative estimate of drug-likeness (QED) is 0.385. The minimum atomic E-state index is 0.241. The van der Waals surface area contributed by atoms with Gasteiger partial charge in [-0.05, 0) is 20.8 Å². The molecule has 1 heterocycles. The van der Waals surface area contributed by atoms with Gasteiger partial charge >= 0.3 is 0 Å². The Morgan fingerprint density at radius 2 is 1.81 bits per heavy atom. The Hall–Kier alpha value is -1.08. The lowest BCUT2D eigenvalue weighted by Gasteiger charge is -2.43. The number of nitriles is 1. The fourth-order valence-electron chi connectivity index (χ4n) is 2.07. The van der Waals surface area contributed by atoms with Crippen molar-refractivity contribution in [2.45, 2.75) is 39.7 Å². The van der Waals surface area contributed by atoms with E-state index in [2.05, 4.69) is 35.6 Å². The van der Waals surface area contributed by atoms with E-state index in [0.29, 0.717) is 0 Å². The van der Waals surface area contributed by atoms with E-state index >= 15 is 0 Å². The molecule has 4 nitrogen and oxygen atoms in total. The van der Waals surface area contributed by atoms with E-state index in [4.69, 9.17) is 5.26 Å². The molecule has 1 aliphatic rings. The average molecular weight is 222 g/mol. The van der Waals surface area contributed by atoms with E-state index in [9.17, 15) is 0 Å². The maximum absolute atomic E-state index is 8.61. The Balaban J connectivity index is 2.56. The molecule has 1 fully saturated rings. The molecule has 0 spiro atoms. The molecule has 0 radical (unpaired) electrons. The summed E-state index contributed by atoms with van der Waals surface area (Å²) in [5.41, 5.74) is 0.241. The van der Waals surface area contributed by atoms with E-state index in [1.54, 1.807) is 0 Å². The zero-order chi connectivity index (χ0) is 12.2. The SMILES string of the molecule is CCC(=NC#N)N1CCN(C(C)(C)C)CC1. The second-order valence-electron chi connectivity index (χ2n) is 5.13. The van der Waals surface area contributed by atoms with Crippen LogP contribution in [-0.2, 0) is 0 Å². The molecular formula is C12H22N4. The van der Waals surface area contributed by atoms with E-state index in [0.717, 1.165) is 38.4 Å². The highest BCUT2D eigenvalue weighted by molar-refractivity contribution is 5.82. The third kappa shape index (κ3) is 3.21. The molecule has 4 heteroatoms. The summed E-state index contributed by atoms with van der Waals surface area (Å²) in [4.78, 5) is 8.59. The predicted molar refractivity (Wildman–Crippen MR) is 66.2 cm³/mol. The van der Waals surface area contributed by atoms with E-state index in [1.165, 1.54) is 0 Å². The van der Waals surface area contributed by atoms with Crippen LogP contribution in [0.3, 0.4) is 0 Å². The smallest absolute Gasteiger partial charge is 0.207 e. The van der Waals surface area contributed by atoms with Crippen LogP contribution in [0.2, 0.25) is 0 Å². The first-order valence-electron chi connectivity index (χ1n) is 5.94. The van der Waals surface area contributed by atoms with Crippen molar-refractivity contribution < 1.29 is 0 Å². The van der Waals surface area contributed by atoms with Gasteiger partial charge in [0.1, 0.15) is 5.84 Å². The number of piperazine rings is 1.